The molecule has 2 amide bonds. The first-order valence-corrected chi connectivity index (χ1v) is 10.2. The van der Waals surface area contributed by atoms with Gasteiger partial charge < -0.3 is 15.4 Å². The smallest absolute Gasteiger partial charge is 0.337 e. The molecule has 3 rings (SSSR count). The molecule has 2 N–H and O–H groups in total. The normalized spacial score (nSPS) is 10.4. The Morgan fingerprint density at radius 1 is 1.10 bits per heavy atom. The maximum Gasteiger partial charge on any atom is 0.337 e. The number of esters is 1. The van der Waals surface area contributed by atoms with Crippen LogP contribution in [-0.2, 0) is 20.7 Å². The lowest BCUT2D eigenvalue weighted by Gasteiger charge is -2.07. The van der Waals surface area contributed by atoms with Crippen molar-refractivity contribution in [3.05, 3.63) is 70.5 Å². The number of aromatic nitrogens is 1. The third-order valence-electron chi connectivity index (χ3n) is 4.37. The van der Waals surface area contributed by atoms with E-state index in [0.717, 1.165) is 10.6 Å². The Hall–Kier alpha value is -3.59. The van der Waals surface area contributed by atoms with Crippen LogP contribution in [0.3, 0.4) is 0 Å². The van der Waals surface area contributed by atoms with Crippen molar-refractivity contribution in [2.75, 3.05) is 19.0 Å². The Morgan fingerprint density at radius 2 is 1.84 bits per heavy atom. The van der Waals surface area contributed by atoms with E-state index in [1.807, 2.05) is 6.92 Å². The molecule has 31 heavy (non-hydrogen) atoms. The molecule has 0 fully saturated rings. The summed E-state index contributed by atoms with van der Waals surface area (Å²) in [6.45, 7) is 2.10. The number of carbonyl (C=O) groups is 3. The van der Waals surface area contributed by atoms with Crippen LogP contribution in [0.1, 0.15) is 20.9 Å². The summed E-state index contributed by atoms with van der Waals surface area (Å²) in [5, 5.41) is 5.74. The van der Waals surface area contributed by atoms with Crippen molar-refractivity contribution < 1.29 is 23.5 Å². The van der Waals surface area contributed by atoms with Gasteiger partial charge in [-0.3, -0.25) is 9.59 Å². The summed E-state index contributed by atoms with van der Waals surface area (Å²) in [7, 11) is 1.28. The van der Waals surface area contributed by atoms with E-state index < -0.39 is 17.8 Å². The fourth-order valence-corrected chi connectivity index (χ4v) is 3.83. The lowest BCUT2D eigenvalue weighted by molar-refractivity contribution is -0.136. The van der Waals surface area contributed by atoms with Gasteiger partial charge in [0.05, 0.1) is 18.4 Å². The number of rotatable bonds is 6. The summed E-state index contributed by atoms with van der Waals surface area (Å²) < 4.78 is 18.0. The van der Waals surface area contributed by atoms with Crippen molar-refractivity contribution in [2.24, 2.45) is 0 Å². The molecule has 9 heteroatoms. The van der Waals surface area contributed by atoms with Gasteiger partial charge in [-0.25, -0.2) is 14.2 Å². The van der Waals surface area contributed by atoms with Gasteiger partial charge in [-0.2, -0.15) is 0 Å². The fraction of sp³-hybridized carbons (Fsp3) is 0.182. The summed E-state index contributed by atoms with van der Waals surface area (Å²) in [6.07, 6.45) is 0.492. The number of nitrogens with zero attached hydrogens (tertiary/aromatic N) is 1. The van der Waals surface area contributed by atoms with Crippen LogP contribution in [-0.4, -0.2) is 36.4 Å². The van der Waals surface area contributed by atoms with E-state index >= 15 is 0 Å². The van der Waals surface area contributed by atoms with Crippen molar-refractivity contribution in [1.82, 2.24) is 10.3 Å². The van der Waals surface area contributed by atoms with Crippen LogP contribution in [0.4, 0.5) is 10.1 Å². The van der Waals surface area contributed by atoms with E-state index in [1.54, 1.807) is 12.1 Å². The number of methoxy groups -OCH3 is 1. The first-order chi connectivity index (χ1) is 14.9. The Morgan fingerprint density at radius 3 is 2.52 bits per heavy atom. The minimum absolute atomic E-state index is 0.249. The van der Waals surface area contributed by atoms with Crippen molar-refractivity contribution >= 4 is 34.8 Å². The highest BCUT2D eigenvalue weighted by atomic mass is 32.1. The molecule has 0 aliphatic carbocycles. The molecule has 0 saturated heterocycles. The number of aryl methyl sites for hydroxylation is 1. The number of carbonyl (C=O) groups excluding carboxylic acids is 3. The number of nitrogens with one attached hydrogen (secondary N) is 2. The van der Waals surface area contributed by atoms with Crippen molar-refractivity contribution in [3.8, 4) is 10.6 Å². The van der Waals surface area contributed by atoms with Crippen LogP contribution in [0, 0.1) is 12.7 Å². The maximum absolute atomic E-state index is 13.4. The molecule has 7 nitrogen and oxygen atoms in total. The lowest BCUT2D eigenvalue weighted by atomic mass is 10.2. The molecule has 0 aliphatic rings. The number of ether oxygens (including phenoxy) is 1. The highest BCUT2D eigenvalue weighted by molar-refractivity contribution is 7.15. The summed E-state index contributed by atoms with van der Waals surface area (Å²) in [5.74, 6) is -2.41. The molecule has 0 aliphatic heterocycles. The number of hydrogen-bond donors (Lipinski definition) is 2. The second-order valence-corrected chi connectivity index (χ2v) is 7.65. The molecule has 3 aromatic rings. The van der Waals surface area contributed by atoms with Gasteiger partial charge in [-0.15, -0.1) is 11.3 Å². The van der Waals surface area contributed by atoms with Gasteiger partial charge in [-0.05, 0) is 43.3 Å². The predicted octanol–water partition coefficient (Wildman–Crippen LogP) is 3.34. The molecule has 0 atom stereocenters. The summed E-state index contributed by atoms with van der Waals surface area (Å²) in [6, 6.07) is 12.2. The highest BCUT2D eigenvalue weighted by Gasteiger charge is 2.15. The molecule has 1 aromatic heterocycles. The van der Waals surface area contributed by atoms with Gasteiger partial charge in [0.1, 0.15) is 10.8 Å². The zero-order valence-corrected chi connectivity index (χ0v) is 17.7. The van der Waals surface area contributed by atoms with Gasteiger partial charge in [-0.1, -0.05) is 12.1 Å². The van der Waals surface area contributed by atoms with Crippen LogP contribution >= 0.6 is 11.3 Å². The third kappa shape index (κ3) is 5.73. The fourth-order valence-electron chi connectivity index (χ4n) is 2.77. The summed E-state index contributed by atoms with van der Waals surface area (Å²) >= 11 is 1.42. The maximum atomic E-state index is 13.4. The Labute approximate surface area is 182 Å². The van der Waals surface area contributed by atoms with Gasteiger partial charge in [0.2, 0.25) is 0 Å². The van der Waals surface area contributed by atoms with E-state index in [1.165, 1.54) is 54.8 Å². The average molecular weight is 441 g/mol. The van der Waals surface area contributed by atoms with Crippen LogP contribution < -0.4 is 10.6 Å². The standard InChI is InChI=1S/C22H20FN3O4S/c1-13-18(31-21(25-13)15-4-3-5-16(23)12-15)10-11-24-19(27)20(28)26-17-8-6-14(7-9-17)22(29)30-2/h3-9,12H,10-11H2,1-2H3,(H,24,27)(H,26,28). The van der Waals surface area contributed by atoms with Crippen LogP contribution in [0.5, 0.6) is 0 Å². The number of amides is 2. The minimum atomic E-state index is -0.813. The molecule has 2 aromatic carbocycles. The molecule has 160 valence electrons. The summed E-state index contributed by atoms with van der Waals surface area (Å²) in [5.41, 5.74) is 2.21. The van der Waals surface area contributed by atoms with Gasteiger partial charge in [0.15, 0.2) is 0 Å². The van der Waals surface area contributed by atoms with E-state index in [4.69, 9.17) is 0 Å². The summed E-state index contributed by atoms with van der Waals surface area (Å²) in [4.78, 5) is 40.9. The predicted molar refractivity (Wildman–Crippen MR) is 115 cm³/mol. The minimum Gasteiger partial charge on any atom is -0.465 e. The molecule has 0 radical (unpaired) electrons. The zero-order valence-electron chi connectivity index (χ0n) is 16.9. The number of halogens is 1. The number of anilines is 1. The molecular weight excluding hydrogens is 421 g/mol. The average Bonchev–Trinajstić information content (AvgIpc) is 3.14. The molecule has 0 spiro atoms. The molecule has 1 heterocycles. The monoisotopic (exact) mass is 441 g/mol. The molecule has 0 bridgehead atoms. The second kappa shape index (κ2) is 9.94. The Kier molecular flexibility index (Phi) is 7.09. The highest BCUT2D eigenvalue weighted by Crippen LogP contribution is 2.28. The van der Waals surface area contributed by atoms with Crippen LogP contribution in [0.2, 0.25) is 0 Å². The van der Waals surface area contributed by atoms with E-state index in [0.29, 0.717) is 28.2 Å². The Balaban J connectivity index is 1.52. The number of benzene rings is 2. The molecular formula is C22H20FN3O4S. The second-order valence-electron chi connectivity index (χ2n) is 6.57. The van der Waals surface area contributed by atoms with Crippen molar-refractivity contribution in [3.63, 3.8) is 0 Å². The number of thiazole rings is 1. The Bertz CT molecular complexity index is 1110. The van der Waals surface area contributed by atoms with E-state index in [2.05, 4.69) is 20.4 Å². The van der Waals surface area contributed by atoms with E-state index in [-0.39, 0.29) is 12.4 Å². The van der Waals surface area contributed by atoms with Gasteiger partial charge in [0, 0.05) is 29.1 Å². The van der Waals surface area contributed by atoms with E-state index in [9.17, 15) is 18.8 Å². The lowest BCUT2D eigenvalue weighted by Crippen LogP contribution is -2.36. The first-order valence-electron chi connectivity index (χ1n) is 9.37. The van der Waals surface area contributed by atoms with Gasteiger partial charge in [0.25, 0.3) is 0 Å². The topological polar surface area (TPSA) is 97.4 Å². The van der Waals surface area contributed by atoms with Crippen molar-refractivity contribution in [2.45, 2.75) is 13.3 Å². The molecule has 0 saturated carbocycles. The molecule has 0 unspecified atom stereocenters. The SMILES string of the molecule is COC(=O)c1ccc(NC(=O)C(=O)NCCc2sc(-c3cccc(F)c3)nc2C)cc1. The van der Waals surface area contributed by atoms with Gasteiger partial charge >= 0.3 is 17.8 Å². The van der Waals surface area contributed by atoms with Crippen molar-refractivity contribution in [1.29, 1.82) is 0 Å². The zero-order chi connectivity index (χ0) is 22.4. The number of hydrogen-bond acceptors (Lipinski definition) is 6. The van der Waals surface area contributed by atoms with Crippen LogP contribution in [0.15, 0.2) is 48.5 Å². The largest absolute Gasteiger partial charge is 0.465 e. The first kappa shape index (κ1) is 22.1. The quantitative estimate of drug-likeness (QED) is 0.452. The van der Waals surface area contributed by atoms with Crippen LogP contribution in [0.25, 0.3) is 10.6 Å². The third-order valence-corrected chi connectivity index (χ3v) is 5.64.